The first-order valence-corrected chi connectivity index (χ1v) is 6.68. The lowest BCUT2D eigenvalue weighted by Gasteiger charge is -2.24. The summed E-state index contributed by atoms with van der Waals surface area (Å²) in [6.45, 7) is 3.13. The molecule has 5 nitrogen and oxygen atoms in total. The van der Waals surface area contributed by atoms with Gasteiger partial charge in [0.1, 0.15) is 6.10 Å². The van der Waals surface area contributed by atoms with Crippen LogP contribution in [0.5, 0.6) is 0 Å². The molecule has 2 heterocycles. The number of benzene rings is 1. The summed E-state index contributed by atoms with van der Waals surface area (Å²) < 4.78 is 7.85. The van der Waals surface area contributed by atoms with Crippen LogP contribution in [0, 0.1) is 11.3 Å². The number of nitriles is 1. The minimum atomic E-state index is 0.0467. The lowest BCUT2D eigenvalue weighted by molar-refractivity contribution is 0.0230. The molecule has 1 aliphatic heterocycles. The number of nitrogens with one attached hydrogen (secondary N) is 1. The normalized spacial score (nSPS) is 18.6. The van der Waals surface area contributed by atoms with Crippen LogP contribution in [0.1, 0.15) is 22.9 Å². The van der Waals surface area contributed by atoms with E-state index in [1.165, 1.54) is 0 Å². The predicted octanol–water partition coefficient (Wildman–Crippen LogP) is 1.46. The number of hydrogen-bond donors (Lipinski definition) is 1. The first-order chi connectivity index (χ1) is 9.86. The van der Waals surface area contributed by atoms with Crippen LogP contribution in [-0.2, 0) is 11.3 Å². The lowest BCUT2D eigenvalue weighted by atomic mass is 10.1. The van der Waals surface area contributed by atoms with Crippen molar-refractivity contribution in [1.82, 2.24) is 14.9 Å². The second kappa shape index (κ2) is 5.87. The van der Waals surface area contributed by atoms with Crippen LogP contribution >= 0.6 is 0 Å². The fraction of sp³-hybridized carbons (Fsp3) is 0.333. The molecular weight excluding hydrogens is 252 g/mol. The van der Waals surface area contributed by atoms with Crippen LogP contribution in [0.2, 0.25) is 0 Å². The van der Waals surface area contributed by atoms with E-state index in [0.29, 0.717) is 12.1 Å². The van der Waals surface area contributed by atoms with Crippen LogP contribution in [0.4, 0.5) is 0 Å². The van der Waals surface area contributed by atoms with Gasteiger partial charge in [0.2, 0.25) is 0 Å². The zero-order chi connectivity index (χ0) is 13.8. The van der Waals surface area contributed by atoms with Gasteiger partial charge in [-0.1, -0.05) is 12.1 Å². The molecule has 0 spiro atoms. The van der Waals surface area contributed by atoms with E-state index in [9.17, 15) is 0 Å². The standard InChI is InChI=1S/C15H16N4O/c16-7-12-2-1-3-13(6-12)10-19-11-18-8-14(19)15-9-17-4-5-20-15/h1-3,6,8,11,15,17H,4-5,9-10H2. The Kier molecular flexibility index (Phi) is 3.77. The smallest absolute Gasteiger partial charge is 0.111 e. The average molecular weight is 268 g/mol. The van der Waals surface area contributed by atoms with Gasteiger partial charge < -0.3 is 14.6 Å². The van der Waals surface area contributed by atoms with E-state index in [-0.39, 0.29) is 6.10 Å². The maximum absolute atomic E-state index is 8.95. The highest BCUT2D eigenvalue weighted by Gasteiger charge is 2.19. The number of hydrogen-bond acceptors (Lipinski definition) is 4. The van der Waals surface area contributed by atoms with Crippen molar-refractivity contribution in [3.8, 4) is 6.07 Å². The number of morpholine rings is 1. The molecule has 1 aromatic carbocycles. The Hall–Kier alpha value is -2.16. The van der Waals surface area contributed by atoms with E-state index in [0.717, 1.165) is 31.0 Å². The largest absolute Gasteiger partial charge is 0.369 e. The molecule has 5 heteroatoms. The first-order valence-electron chi connectivity index (χ1n) is 6.68. The summed E-state index contributed by atoms with van der Waals surface area (Å²) in [6, 6.07) is 9.81. The minimum Gasteiger partial charge on any atom is -0.369 e. The maximum atomic E-state index is 8.95. The molecule has 1 atom stereocenters. The summed E-state index contributed by atoms with van der Waals surface area (Å²) in [6.07, 6.45) is 3.71. The molecule has 0 radical (unpaired) electrons. The molecule has 0 amide bonds. The topological polar surface area (TPSA) is 62.9 Å². The van der Waals surface area contributed by atoms with Crippen molar-refractivity contribution >= 4 is 0 Å². The highest BCUT2D eigenvalue weighted by Crippen LogP contribution is 2.19. The SMILES string of the molecule is N#Cc1cccc(Cn2cncc2C2CNCCO2)c1. The summed E-state index contributed by atoms with van der Waals surface area (Å²) in [5, 5.41) is 12.3. The van der Waals surface area contributed by atoms with E-state index in [2.05, 4.69) is 20.9 Å². The summed E-state index contributed by atoms with van der Waals surface area (Å²) in [5.41, 5.74) is 2.84. The number of ether oxygens (including phenoxy) is 1. The van der Waals surface area contributed by atoms with Crippen LogP contribution < -0.4 is 5.32 Å². The predicted molar refractivity (Wildman–Crippen MR) is 74.0 cm³/mol. The van der Waals surface area contributed by atoms with Crippen molar-refractivity contribution in [2.45, 2.75) is 12.6 Å². The van der Waals surface area contributed by atoms with Crippen molar-refractivity contribution in [2.75, 3.05) is 19.7 Å². The zero-order valence-corrected chi connectivity index (χ0v) is 11.1. The summed E-state index contributed by atoms with van der Waals surface area (Å²) in [5.74, 6) is 0. The van der Waals surface area contributed by atoms with Crippen LogP contribution in [0.3, 0.4) is 0 Å². The van der Waals surface area contributed by atoms with Gasteiger partial charge in [0.05, 0.1) is 36.5 Å². The Balaban J connectivity index is 1.80. The first kappa shape index (κ1) is 12.9. The molecule has 3 rings (SSSR count). The van der Waals surface area contributed by atoms with Gasteiger partial charge in [-0.05, 0) is 17.7 Å². The Morgan fingerprint density at radius 1 is 1.50 bits per heavy atom. The maximum Gasteiger partial charge on any atom is 0.111 e. The molecule has 1 aromatic heterocycles. The summed E-state index contributed by atoms with van der Waals surface area (Å²) in [7, 11) is 0. The Morgan fingerprint density at radius 3 is 3.25 bits per heavy atom. The summed E-state index contributed by atoms with van der Waals surface area (Å²) in [4.78, 5) is 4.23. The number of rotatable bonds is 3. The van der Waals surface area contributed by atoms with Crippen molar-refractivity contribution in [1.29, 1.82) is 5.26 Å². The fourth-order valence-corrected chi connectivity index (χ4v) is 2.42. The second-order valence-electron chi connectivity index (χ2n) is 4.82. The second-order valence-corrected chi connectivity index (χ2v) is 4.82. The molecule has 1 fully saturated rings. The third kappa shape index (κ3) is 2.72. The molecule has 20 heavy (non-hydrogen) atoms. The molecule has 0 aliphatic carbocycles. The molecular formula is C15H16N4O. The Labute approximate surface area is 117 Å². The Morgan fingerprint density at radius 2 is 2.45 bits per heavy atom. The third-order valence-electron chi connectivity index (χ3n) is 3.41. The third-order valence-corrected chi connectivity index (χ3v) is 3.41. The van der Waals surface area contributed by atoms with Gasteiger partial charge in [0, 0.05) is 19.6 Å². The van der Waals surface area contributed by atoms with Gasteiger partial charge in [-0.2, -0.15) is 5.26 Å². The van der Waals surface area contributed by atoms with E-state index in [1.807, 2.05) is 36.8 Å². The molecule has 1 N–H and O–H groups in total. The van der Waals surface area contributed by atoms with Crippen molar-refractivity contribution in [3.63, 3.8) is 0 Å². The van der Waals surface area contributed by atoms with Crippen LogP contribution in [0.25, 0.3) is 0 Å². The molecule has 0 bridgehead atoms. The van der Waals surface area contributed by atoms with Gasteiger partial charge in [0.25, 0.3) is 0 Å². The highest BCUT2D eigenvalue weighted by molar-refractivity contribution is 5.33. The molecule has 1 saturated heterocycles. The highest BCUT2D eigenvalue weighted by atomic mass is 16.5. The van der Waals surface area contributed by atoms with E-state index >= 15 is 0 Å². The molecule has 0 saturated carbocycles. The van der Waals surface area contributed by atoms with Crippen molar-refractivity contribution in [3.05, 3.63) is 53.6 Å². The van der Waals surface area contributed by atoms with Crippen LogP contribution in [0.15, 0.2) is 36.8 Å². The van der Waals surface area contributed by atoms with Gasteiger partial charge in [-0.3, -0.25) is 0 Å². The number of imidazole rings is 1. The summed E-state index contributed by atoms with van der Waals surface area (Å²) >= 11 is 0. The Bertz CT molecular complexity index is 623. The average Bonchev–Trinajstić information content (AvgIpc) is 2.96. The van der Waals surface area contributed by atoms with Gasteiger partial charge in [-0.15, -0.1) is 0 Å². The quantitative estimate of drug-likeness (QED) is 0.915. The van der Waals surface area contributed by atoms with E-state index < -0.39 is 0 Å². The van der Waals surface area contributed by atoms with Gasteiger partial charge in [-0.25, -0.2) is 4.98 Å². The fourth-order valence-electron chi connectivity index (χ4n) is 2.42. The molecule has 1 aliphatic rings. The van der Waals surface area contributed by atoms with Crippen molar-refractivity contribution in [2.24, 2.45) is 0 Å². The van der Waals surface area contributed by atoms with Gasteiger partial charge >= 0.3 is 0 Å². The minimum absolute atomic E-state index is 0.0467. The van der Waals surface area contributed by atoms with E-state index in [4.69, 9.17) is 10.00 Å². The monoisotopic (exact) mass is 268 g/mol. The van der Waals surface area contributed by atoms with Crippen LogP contribution in [-0.4, -0.2) is 29.2 Å². The number of aromatic nitrogens is 2. The van der Waals surface area contributed by atoms with Crippen molar-refractivity contribution < 1.29 is 4.74 Å². The van der Waals surface area contributed by atoms with Gasteiger partial charge in [0.15, 0.2) is 0 Å². The lowest BCUT2D eigenvalue weighted by Crippen LogP contribution is -2.34. The molecule has 1 unspecified atom stereocenters. The van der Waals surface area contributed by atoms with E-state index in [1.54, 1.807) is 0 Å². The molecule has 2 aromatic rings. The molecule has 102 valence electrons. The zero-order valence-electron chi connectivity index (χ0n) is 11.1. The number of nitrogens with zero attached hydrogens (tertiary/aromatic N) is 3.